The number of hydrogen-bond acceptors (Lipinski definition) is 8. The molecule has 12 heteroatoms. The third-order valence-corrected chi connectivity index (χ3v) is 8.53. The second-order valence-corrected chi connectivity index (χ2v) is 12.0. The Bertz CT molecular complexity index is 1110. The van der Waals surface area contributed by atoms with Gasteiger partial charge in [-0.1, -0.05) is 75.8 Å². The number of thiazole rings is 1. The van der Waals surface area contributed by atoms with Gasteiger partial charge in [-0.3, -0.25) is 19.6 Å². The molecule has 0 aliphatic heterocycles. The summed E-state index contributed by atoms with van der Waals surface area (Å²) >= 11 is 1.28. The van der Waals surface area contributed by atoms with Crippen LogP contribution in [0.1, 0.15) is 83.1 Å². The number of anilines is 1. The second kappa shape index (κ2) is 18.9. The average molecular weight is 616 g/mol. The molecule has 11 nitrogen and oxygen atoms in total. The van der Waals surface area contributed by atoms with Gasteiger partial charge in [-0.05, 0) is 43.6 Å². The molecule has 1 aromatic heterocycles. The normalized spacial score (nSPS) is 15.5. The lowest BCUT2D eigenvalue weighted by Crippen LogP contribution is -2.51. The van der Waals surface area contributed by atoms with Crippen LogP contribution in [-0.2, 0) is 25.7 Å². The van der Waals surface area contributed by atoms with Crippen LogP contribution in [-0.4, -0.2) is 58.2 Å². The van der Waals surface area contributed by atoms with Crippen LogP contribution in [0.5, 0.6) is 0 Å². The standard InChI is InChI=1S/C31H45N5O6S/c1-2-11-27(36(41)22-37)25(20-23-12-5-3-6-13-23)28(38)34-26(29(39)35-30-32-18-19-43-30)16-9-10-17-33-31(40)42-21-24-14-7-4-8-15-24/h4,7-8,14-15,18-19,22-23,25-27,41H,2-3,5-6,9-13,16-17,20-21H2,1H3,(H,33,40)(H,34,38)(H,32,35,39)/t25-,26+,27+/m1/s1. The summed E-state index contributed by atoms with van der Waals surface area (Å²) in [5.41, 5.74) is 0.892. The van der Waals surface area contributed by atoms with Crippen molar-refractivity contribution in [1.29, 1.82) is 0 Å². The third kappa shape index (κ3) is 11.9. The molecule has 3 atom stereocenters. The van der Waals surface area contributed by atoms with Crippen molar-refractivity contribution in [1.82, 2.24) is 20.7 Å². The van der Waals surface area contributed by atoms with Crippen LogP contribution < -0.4 is 16.0 Å². The number of hydroxylamine groups is 2. The molecule has 1 aliphatic rings. The van der Waals surface area contributed by atoms with Gasteiger partial charge >= 0.3 is 6.09 Å². The van der Waals surface area contributed by atoms with Crippen molar-refractivity contribution in [3.8, 4) is 0 Å². The third-order valence-electron chi connectivity index (χ3n) is 7.84. The molecule has 1 aromatic carbocycles. The molecule has 1 heterocycles. The van der Waals surface area contributed by atoms with Crippen molar-refractivity contribution in [2.45, 2.75) is 96.2 Å². The summed E-state index contributed by atoms with van der Waals surface area (Å²) in [6, 6.07) is 7.85. The van der Waals surface area contributed by atoms with Gasteiger partial charge < -0.3 is 20.7 Å². The number of carbonyl (C=O) groups is 4. The SMILES string of the molecule is CCC[C@@H]([C@@H](CC1CCCCC1)C(=O)N[C@@H](CCCCNC(=O)OCc1ccccc1)C(=O)Nc1nccs1)N(O)C=O. The number of nitrogens with one attached hydrogen (secondary N) is 3. The minimum Gasteiger partial charge on any atom is -0.445 e. The highest BCUT2D eigenvalue weighted by Gasteiger charge is 2.36. The fraction of sp³-hybridized carbons (Fsp3) is 0.581. The average Bonchev–Trinajstić information content (AvgIpc) is 3.54. The van der Waals surface area contributed by atoms with E-state index in [-0.39, 0.29) is 12.5 Å². The molecule has 3 rings (SSSR count). The van der Waals surface area contributed by atoms with Crippen LogP contribution in [0, 0.1) is 11.8 Å². The molecule has 1 fully saturated rings. The number of unbranched alkanes of at least 4 members (excludes halogenated alkanes) is 1. The summed E-state index contributed by atoms with van der Waals surface area (Å²) < 4.78 is 5.24. The van der Waals surface area contributed by atoms with E-state index in [1.807, 2.05) is 37.3 Å². The molecule has 0 radical (unpaired) electrons. The van der Waals surface area contributed by atoms with Gasteiger partial charge in [0.15, 0.2) is 5.13 Å². The van der Waals surface area contributed by atoms with Gasteiger partial charge in [-0.25, -0.2) is 14.8 Å². The van der Waals surface area contributed by atoms with Crippen molar-refractivity contribution in [3.63, 3.8) is 0 Å². The molecule has 0 spiro atoms. The summed E-state index contributed by atoms with van der Waals surface area (Å²) in [6.07, 6.45) is 9.91. The summed E-state index contributed by atoms with van der Waals surface area (Å²) in [5, 5.41) is 21.6. The van der Waals surface area contributed by atoms with Crippen molar-refractivity contribution in [2.24, 2.45) is 11.8 Å². The molecular formula is C31H45N5O6S. The van der Waals surface area contributed by atoms with Gasteiger partial charge in [0.25, 0.3) is 0 Å². The highest BCUT2D eigenvalue weighted by atomic mass is 32.1. The van der Waals surface area contributed by atoms with Crippen LogP contribution in [0.25, 0.3) is 0 Å². The number of carbonyl (C=O) groups excluding carboxylic acids is 4. The van der Waals surface area contributed by atoms with Crippen LogP contribution in [0.4, 0.5) is 9.93 Å². The highest BCUT2D eigenvalue weighted by molar-refractivity contribution is 7.13. The maximum Gasteiger partial charge on any atom is 0.407 e. The van der Waals surface area contributed by atoms with Crippen molar-refractivity contribution < 1.29 is 29.1 Å². The van der Waals surface area contributed by atoms with Gasteiger partial charge in [0, 0.05) is 18.1 Å². The Morgan fingerprint density at radius 1 is 1.12 bits per heavy atom. The number of rotatable bonds is 18. The predicted molar refractivity (Wildman–Crippen MR) is 164 cm³/mol. The Labute approximate surface area is 257 Å². The Balaban J connectivity index is 1.61. The van der Waals surface area contributed by atoms with E-state index in [9.17, 15) is 24.4 Å². The quantitative estimate of drug-likeness (QED) is 0.0773. The van der Waals surface area contributed by atoms with Crippen molar-refractivity contribution in [3.05, 3.63) is 47.5 Å². The number of aromatic nitrogens is 1. The first-order chi connectivity index (χ1) is 20.9. The maximum absolute atomic E-state index is 13.8. The van der Waals surface area contributed by atoms with Crippen LogP contribution in [0.15, 0.2) is 41.9 Å². The smallest absolute Gasteiger partial charge is 0.407 e. The first kappa shape index (κ1) is 34.0. The first-order valence-electron chi connectivity index (χ1n) is 15.3. The number of ether oxygens (including phenoxy) is 1. The molecular weight excluding hydrogens is 570 g/mol. The zero-order valence-corrected chi connectivity index (χ0v) is 25.7. The summed E-state index contributed by atoms with van der Waals surface area (Å²) in [6.45, 7) is 2.47. The number of benzene rings is 1. The van der Waals surface area contributed by atoms with Crippen LogP contribution in [0.3, 0.4) is 0 Å². The van der Waals surface area contributed by atoms with E-state index in [0.717, 1.165) is 31.2 Å². The lowest BCUT2D eigenvalue weighted by Gasteiger charge is -2.34. The molecule has 4 N–H and O–H groups in total. The van der Waals surface area contributed by atoms with E-state index < -0.39 is 30.0 Å². The minimum absolute atomic E-state index is 0.175. The molecule has 2 aromatic rings. The maximum atomic E-state index is 13.8. The molecule has 236 valence electrons. The molecule has 0 unspecified atom stereocenters. The number of hydrogen-bond donors (Lipinski definition) is 4. The molecule has 4 amide bonds. The fourth-order valence-corrected chi connectivity index (χ4v) is 6.11. The van der Waals surface area contributed by atoms with E-state index in [2.05, 4.69) is 20.9 Å². The largest absolute Gasteiger partial charge is 0.445 e. The van der Waals surface area contributed by atoms with Gasteiger partial charge in [0.2, 0.25) is 18.2 Å². The molecule has 1 saturated carbocycles. The van der Waals surface area contributed by atoms with E-state index in [1.165, 1.54) is 17.8 Å². The van der Waals surface area contributed by atoms with E-state index in [4.69, 9.17) is 4.74 Å². The van der Waals surface area contributed by atoms with E-state index in [0.29, 0.717) is 67.6 Å². The zero-order chi connectivity index (χ0) is 30.9. The van der Waals surface area contributed by atoms with Crippen molar-refractivity contribution >= 4 is 40.8 Å². The van der Waals surface area contributed by atoms with E-state index in [1.54, 1.807) is 11.6 Å². The fourth-order valence-electron chi connectivity index (χ4n) is 5.58. The lowest BCUT2D eigenvalue weighted by molar-refractivity contribution is -0.170. The zero-order valence-electron chi connectivity index (χ0n) is 24.9. The second-order valence-electron chi connectivity index (χ2n) is 11.1. The monoisotopic (exact) mass is 615 g/mol. The molecule has 43 heavy (non-hydrogen) atoms. The topological polar surface area (TPSA) is 150 Å². The van der Waals surface area contributed by atoms with Gasteiger partial charge in [-0.2, -0.15) is 0 Å². The molecule has 0 saturated heterocycles. The highest BCUT2D eigenvalue weighted by Crippen LogP contribution is 2.32. The van der Waals surface area contributed by atoms with Gasteiger partial charge in [-0.15, -0.1) is 11.3 Å². The Morgan fingerprint density at radius 2 is 1.88 bits per heavy atom. The Kier molecular flexibility index (Phi) is 14.9. The lowest BCUT2D eigenvalue weighted by atomic mass is 9.79. The molecule has 0 bridgehead atoms. The van der Waals surface area contributed by atoms with Crippen LogP contribution in [0.2, 0.25) is 0 Å². The first-order valence-corrected chi connectivity index (χ1v) is 16.2. The van der Waals surface area contributed by atoms with E-state index >= 15 is 0 Å². The minimum atomic E-state index is -0.860. The van der Waals surface area contributed by atoms with Crippen molar-refractivity contribution in [2.75, 3.05) is 11.9 Å². The molecule has 1 aliphatic carbocycles. The number of nitrogens with zero attached hydrogens (tertiary/aromatic N) is 2. The Morgan fingerprint density at radius 3 is 2.56 bits per heavy atom. The predicted octanol–water partition coefficient (Wildman–Crippen LogP) is 5.27. The van der Waals surface area contributed by atoms with Gasteiger partial charge in [0.1, 0.15) is 12.6 Å². The Hall–Kier alpha value is -3.51. The number of alkyl carbamates (subject to hydrolysis) is 1. The van der Waals surface area contributed by atoms with Gasteiger partial charge in [0.05, 0.1) is 12.0 Å². The summed E-state index contributed by atoms with van der Waals surface area (Å²) in [4.78, 5) is 54.8. The van der Waals surface area contributed by atoms with Crippen LogP contribution >= 0.6 is 11.3 Å². The number of amides is 4. The summed E-state index contributed by atoms with van der Waals surface area (Å²) in [7, 11) is 0. The summed E-state index contributed by atoms with van der Waals surface area (Å²) in [5.74, 6) is -1.08.